The van der Waals surface area contributed by atoms with Crippen LogP contribution < -0.4 is 11.1 Å². The Hall–Kier alpha value is -1.07. The van der Waals surface area contributed by atoms with Gasteiger partial charge in [-0.2, -0.15) is 0 Å². The van der Waals surface area contributed by atoms with E-state index in [9.17, 15) is 8.42 Å². The number of anilines is 1. The normalized spacial score (nSPS) is 12.5. The fourth-order valence-corrected chi connectivity index (χ4v) is 2.15. The van der Waals surface area contributed by atoms with E-state index in [1.165, 1.54) is 6.26 Å². The fraction of sp³-hybridized carbons (Fsp3) is 0.455. The second kappa shape index (κ2) is 4.43. The summed E-state index contributed by atoms with van der Waals surface area (Å²) < 4.78 is 23.1. The van der Waals surface area contributed by atoms with Crippen molar-refractivity contribution in [1.82, 2.24) is 0 Å². The predicted molar refractivity (Wildman–Crippen MR) is 66.3 cm³/mol. The molecule has 0 atom stereocenters. The molecule has 0 fully saturated rings. The van der Waals surface area contributed by atoms with Crippen LogP contribution in [0.1, 0.15) is 13.8 Å². The van der Waals surface area contributed by atoms with E-state index in [0.29, 0.717) is 17.1 Å². The molecule has 0 heterocycles. The van der Waals surface area contributed by atoms with Crippen LogP contribution in [0.4, 0.5) is 5.69 Å². The summed E-state index contributed by atoms with van der Waals surface area (Å²) in [5.41, 5.74) is 5.87. The van der Waals surface area contributed by atoms with Gasteiger partial charge in [0.25, 0.3) is 0 Å². The smallest absolute Gasteiger partial charge is 0.177 e. The number of benzene rings is 1. The van der Waals surface area contributed by atoms with Gasteiger partial charge in [0.1, 0.15) is 0 Å². The molecule has 0 saturated heterocycles. The third-order valence-electron chi connectivity index (χ3n) is 2.27. The summed E-state index contributed by atoms with van der Waals surface area (Å²) in [5.74, 6) is 0. The zero-order valence-corrected chi connectivity index (χ0v) is 10.6. The van der Waals surface area contributed by atoms with Crippen molar-refractivity contribution in [2.24, 2.45) is 5.73 Å². The number of nitrogens with two attached hydrogens (primary N) is 1. The lowest BCUT2D eigenvalue weighted by Crippen LogP contribution is -2.39. The summed E-state index contributed by atoms with van der Waals surface area (Å²) in [6, 6.07) is 6.83. The van der Waals surface area contributed by atoms with Gasteiger partial charge in [0, 0.05) is 18.3 Å². The van der Waals surface area contributed by atoms with Crippen LogP contribution in [0, 0.1) is 0 Å². The van der Waals surface area contributed by atoms with E-state index in [-0.39, 0.29) is 5.54 Å². The maximum Gasteiger partial charge on any atom is 0.177 e. The minimum Gasteiger partial charge on any atom is -0.378 e. The van der Waals surface area contributed by atoms with Crippen LogP contribution in [-0.4, -0.2) is 26.8 Å². The summed E-state index contributed by atoms with van der Waals surface area (Å²) in [6.07, 6.45) is 1.20. The summed E-state index contributed by atoms with van der Waals surface area (Å²) >= 11 is 0. The highest BCUT2D eigenvalue weighted by molar-refractivity contribution is 7.90. The Kier molecular flexibility index (Phi) is 3.60. The molecule has 5 heteroatoms. The highest BCUT2D eigenvalue weighted by Gasteiger charge is 2.19. The minimum atomic E-state index is -3.22. The lowest BCUT2D eigenvalue weighted by atomic mass is 10.1. The standard InChI is InChI=1S/C11H18N2O2S/c1-11(2,8-12)13-9-6-4-5-7-10(9)16(3,14)15/h4-7,13H,8,12H2,1-3H3. The zero-order valence-electron chi connectivity index (χ0n) is 9.82. The summed E-state index contributed by atoms with van der Waals surface area (Å²) in [5, 5.41) is 3.14. The topological polar surface area (TPSA) is 72.2 Å². The van der Waals surface area contributed by atoms with Gasteiger partial charge in [-0.25, -0.2) is 8.42 Å². The van der Waals surface area contributed by atoms with E-state index in [1.807, 2.05) is 13.8 Å². The van der Waals surface area contributed by atoms with E-state index >= 15 is 0 Å². The Morgan fingerprint density at radius 3 is 2.38 bits per heavy atom. The lowest BCUT2D eigenvalue weighted by Gasteiger charge is -2.26. The Balaban J connectivity index is 3.16. The summed E-state index contributed by atoms with van der Waals surface area (Å²) in [7, 11) is -3.22. The van der Waals surface area contributed by atoms with E-state index < -0.39 is 9.84 Å². The Bertz CT molecular complexity index is 467. The SMILES string of the molecule is CC(C)(CN)Nc1ccccc1S(C)(=O)=O. The molecule has 0 aliphatic heterocycles. The van der Waals surface area contributed by atoms with Gasteiger partial charge in [0.05, 0.1) is 10.6 Å². The Morgan fingerprint density at radius 1 is 1.31 bits per heavy atom. The average molecular weight is 242 g/mol. The molecule has 16 heavy (non-hydrogen) atoms. The first-order chi connectivity index (χ1) is 7.26. The molecule has 0 unspecified atom stereocenters. The maximum atomic E-state index is 11.6. The number of rotatable bonds is 4. The molecule has 0 amide bonds. The molecule has 0 aliphatic rings. The maximum absolute atomic E-state index is 11.6. The van der Waals surface area contributed by atoms with Crippen LogP contribution in [0.2, 0.25) is 0 Å². The number of nitrogens with one attached hydrogen (secondary N) is 1. The molecule has 0 bridgehead atoms. The molecule has 4 nitrogen and oxygen atoms in total. The molecule has 1 aromatic rings. The minimum absolute atomic E-state index is 0.302. The van der Waals surface area contributed by atoms with Crippen molar-refractivity contribution in [2.45, 2.75) is 24.3 Å². The molecule has 0 spiro atoms. The molecule has 3 N–H and O–H groups in total. The van der Waals surface area contributed by atoms with Crippen molar-refractivity contribution in [1.29, 1.82) is 0 Å². The average Bonchev–Trinajstić information content (AvgIpc) is 2.16. The number of para-hydroxylation sites is 1. The van der Waals surface area contributed by atoms with Crippen LogP contribution in [0.5, 0.6) is 0 Å². The van der Waals surface area contributed by atoms with Crippen LogP contribution >= 0.6 is 0 Å². The Labute approximate surface area is 96.8 Å². The van der Waals surface area contributed by atoms with Crippen molar-refractivity contribution >= 4 is 15.5 Å². The molecular weight excluding hydrogens is 224 g/mol. The second-order valence-electron chi connectivity index (χ2n) is 4.48. The van der Waals surface area contributed by atoms with Gasteiger partial charge >= 0.3 is 0 Å². The molecule has 1 rings (SSSR count). The summed E-state index contributed by atoms with van der Waals surface area (Å²) in [6.45, 7) is 4.27. The molecule has 0 radical (unpaired) electrons. The van der Waals surface area contributed by atoms with Gasteiger partial charge in [-0.3, -0.25) is 0 Å². The third kappa shape index (κ3) is 3.21. The number of sulfone groups is 1. The molecule has 0 aromatic heterocycles. The van der Waals surface area contributed by atoms with Crippen LogP contribution in [0.15, 0.2) is 29.2 Å². The first-order valence-electron chi connectivity index (χ1n) is 5.03. The van der Waals surface area contributed by atoms with Gasteiger partial charge < -0.3 is 11.1 Å². The largest absolute Gasteiger partial charge is 0.378 e. The molecule has 0 aliphatic carbocycles. The fourth-order valence-electron chi connectivity index (χ4n) is 1.31. The van der Waals surface area contributed by atoms with Crippen LogP contribution in [0.3, 0.4) is 0 Å². The first kappa shape index (κ1) is 13.0. The van der Waals surface area contributed by atoms with Crippen molar-refractivity contribution < 1.29 is 8.42 Å². The quantitative estimate of drug-likeness (QED) is 0.833. The molecular formula is C11H18N2O2S. The van der Waals surface area contributed by atoms with Crippen molar-refractivity contribution in [3.63, 3.8) is 0 Å². The van der Waals surface area contributed by atoms with E-state index in [1.54, 1.807) is 24.3 Å². The highest BCUT2D eigenvalue weighted by atomic mass is 32.2. The van der Waals surface area contributed by atoms with Gasteiger partial charge in [-0.1, -0.05) is 12.1 Å². The van der Waals surface area contributed by atoms with E-state index in [4.69, 9.17) is 5.73 Å². The monoisotopic (exact) mass is 242 g/mol. The Morgan fingerprint density at radius 2 is 1.88 bits per heavy atom. The van der Waals surface area contributed by atoms with Crippen molar-refractivity contribution in [3.8, 4) is 0 Å². The lowest BCUT2D eigenvalue weighted by molar-refractivity contribution is 0.576. The van der Waals surface area contributed by atoms with Crippen molar-refractivity contribution in [2.75, 3.05) is 18.1 Å². The molecule has 90 valence electrons. The van der Waals surface area contributed by atoms with Gasteiger partial charge in [-0.05, 0) is 26.0 Å². The molecule has 1 aromatic carbocycles. The van der Waals surface area contributed by atoms with E-state index in [0.717, 1.165) is 0 Å². The molecule has 0 saturated carbocycles. The summed E-state index contributed by atoms with van der Waals surface area (Å²) in [4.78, 5) is 0.302. The highest BCUT2D eigenvalue weighted by Crippen LogP contribution is 2.23. The third-order valence-corrected chi connectivity index (χ3v) is 3.42. The number of hydrogen-bond acceptors (Lipinski definition) is 4. The predicted octanol–water partition coefficient (Wildman–Crippen LogP) is 1.24. The first-order valence-corrected chi connectivity index (χ1v) is 6.93. The number of hydrogen-bond donors (Lipinski definition) is 2. The van der Waals surface area contributed by atoms with Gasteiger partial charge in [0.2, 0.25) is 0 Å². The van der Waals surface area contributed by atoms with Crippen LogP contribution in [0.25, 0.3) is 0 Å². The van der Waals surface area contributed by atoms with Gasteiger partial charge in [0.15, 0.2) is 9.84 Å². The zero-order chi connectivity index (χ0) is 12.4. The van der Waals surface area contributed by atoms with Crippen LogP contribution in [-0.2, 0) is 9.84 Å². The second-order valence-corrected chi connectivity index (χ2v) is 6.47. The van der Waals surface area contributed by atoms with E-state index in [2.05, 4.69) is 5.32 Å². The van der Waals surface area contributed by atoms with Gasteiger partial charge in [-0.15, -0.1) is 0 Å². The van der Waals surface area contributed by atoms with Crippen molar-refractivity contribution in [3.05, 3.63) is 24.3 Å².